The molecule has 0 atom stereocenters. The molecule has 0 saturated carbocycles. The number of hydrogen-bond acceptors (Lipinski definition) is 3. The van der Waals surface area contributed by atoms with Gasteiger partial charge in [0.05, 0.1) is 17.4 Å². The number of hydrogen-bond donors (Lipinski definition) is 0. The predicted molar refractivity (Wildman–Crippen MR) is 97.3 cm³/mol. The second kappa shape index (κ2) is 7.02. The van der Waals surface area contributed by atoms with Gasteiger partial charge in [0, 0.05) is 10.8 Å². The van der Waals surface area contributed by atoms with Crippen LogP contribution in [-0.2, 0) is 6.54 Å². The first-order chi connectivity index (χ1) is 11.1. The fourth-order valence-electron chi connectivity index (χ4n) is 2.31. The highest BCUT2D eigenvalue weighted by atomic mass is 35.5. The Kier molecular flexibility index (Phi) is 4.84. The molecule has 0 aliphatic carbocycles. The van der Waals surface area contributed by atoms with Crippen molar-refractivity contribution in [2.75, 3.05) is 5.75 Å². The van der Waals surface area contributed by atoms with Crippen LogP contribution < -0.4 is 5.56 Å². The zero-order valence-electron chi connectivity index (χ0n) is 12.4. The monoisotopic (exact) mass is 342 g/mol. The second-order valence-electron chi connectivity index (χ2n) is 5.09. The van der Waals surface area contributed by atoms with Gasteiger partial charge in [-0.15, -0.1) is 0 Å². The lowest BCUT2D eigenvalue weighted by atomic mass is 10.2. The number of thioether (sulfide) groups is 1. The van der Waals surface area contributed by atoms with Crippen molar-refractivity contribution in [1.29, 1.82) is 0 Å². The quantitative estimate of drug-likeness (QED) is 0.512. The molecular weight excluding hydrogens is 328 g/mol. The lowest BCUT2D eigenvalue weighted by molar-refractivity contribution is 0.658. The van der Waals surface area contributed by atoms with E-state index in [1.807, 2.05) is 48.5 Å². The molecule has 0 amide bonds. The van der Waals surface area contributed by atoms with Crippen molar-refractivity contribution in [3.8, 4) is 0 Å². The van der Waals surface area contributed by atoms with Crippen molar-refractivity contribution >= 4 is 34.3 Å². The number of aromatic nitrogens is 2. The first kappa shape index (κ1) is 15.8. The second-order valence-corrected chi connectivity index (χ2v) is 6.57. The van der Waals surface area contributed by atoms with E-state index in [1.165, 1.54) is 11.8 Å². The molecule has 116 valence electrons. The average Bonchev–Trinajstić information content (AvgIpc) is 2.57. The summed E-state index contributed by atoms with van der Waals surface area (Å²) in [4.78, 5) is 17.5. The van der Waals surface area contributed by atoms with E-state index < -0.39 is 0 Å². The summed E-state index contributed by atoms with van der Waals surface area (Å²) >= 11 is 7.29. The molecule has 0 saturated heterocycles. The highest BCUT2D eigenvalue weighted by molar-refractivity contribution is 7.99. The standard InChI is InChI=1S/C18H15ClN2OS/c1-13(19)12-23-18-20-16-10-6-5-9-15(16)17(22)21(18)11-14-7-3-2-4-8-14/h2-10H,1,11-12H2. The Balaban J connectivity index is 2.11. The maximum atomic E-state index is 12.9. The third kappa shape index (κ3) is 3.66. The van der Waals surface area contributed by atoms with Gasteiger partial charge in [-0.3, -0.25) is 9.36 Å². The minimum absolute atomic E-state index is 0.0397. The van der Waals surface area contributed by atoms with Crippen molar-refractivity contribution in [2.24, 2.45) is 0 Å². The molecule has 3 rings (SSSR count). The normalized spacial score (nSPS) is 10.8. The van der Waals surface area contributed by atoms with Gasteiger partial charge in [0.25, 0.3) is 5.56 Å². The van der Waals surface area contributed by atoms with Crippen LogP contribution in [0.2, 0.25) is 0 Å². The summed E-state index contributed by atoms with van der Waals surface area (Å²) in [7, 11) is 0. The first-order valence-corrected chi connectivity index (χ1v) is 8.51. The summed E-state index contributed by atoms with van der Waals surface area (Å²) in [6, 6.07) is 17.3. The minimum atomic E-state index is -0.0397. The van der Waals surface area contributed by atoms with E-state index in [-0.39, 0.29) is 5.56 Å². The Labute approximate surface area is 143 Å². The van der Waals surface area contributed by atoms with E-state index in [9.17, 15) is 4.79 Å². The summed E-state index contributed by atoms with van der Waals surface area (Å²) < 4.78 is 1.70. The molecule has 0 radical (unpaired) electrons. The molecule has 0 N–H and O–H groups in total. The fourth-order valence-corrected chi connectivity index (χ4v) is 3.22. The molecule has 0 unspecified atom stereocenters. The van der Waals surface area contributed by atoms with Crippen LogP contribution in [0, 0.1) is 0 Å². The number of rotatable bonds is 5. The fraction of sp³-hybridized carbons (Fsp3) is 0.111. The molecule has 1 aromatic heterocycles. The third-order valence-electron chi connectivity index (χ3n) is 3.37. The molecule has 3 nitrogen and oxygen atoms in total. The summed E-state index contributed by atoms with van der Waals surface area (Å²) in [5, 5.41) is 1.81. The van der Waals surface area contributed by atoms with E-state index in [4.69, 9.17) is 11.6 Å². The molecule has 23 heavy (non-hydrogen) atoms. The Morgan fingerprint density at radius 2 is 1.83 bits per heavy atom. The summed E-state index contributed by atoms with van der Waals surface area (Å²) in [6.07, 6.45) is 0. The molecule has 1 heterocycles. The molecule has 3 aromatic rings. The van der Waals surface area contributed by atoms with E-state index in [1.54, 1.807) is 10.6 Å². The van der Waals surface area contributed by atoms with E-state index >= 15 is 0 Å². The molecule has 0 aliphatic heterocycles. The van der Waals surface area contributed by atoms with Gasteiger partial charge in [-0.25, -0.2) is 4.98 Å². The van der Waals surface area contributed by atoms with Crippen LogP contribution in [0.3, 0.4) is 0 Å². The number of para-hydroxylation sites is 1. The maximum absolute atomic E-state index is 12.9. The molecular formula is C18H15ClN2OS. The average molecular weight is 343 g/mol. The number of fused-ring (bicyclic) bond motifs is 1. The van der Waals surface area contributed by atoms with E-state index in [2.05, 4.69) is 11.6 Å². The summed E-state index contributed by atoms with van der Waals surface area (Å²) in [6.45, 7) is 4.18. The zero-order chi connectivity index (χ0) is 16.2. The van der Waals surface area contributed by atoms with Gasteiger partial charge in [0.15, 0.2) is 5.16 Å². The van der Waals surface area contributed by atoms with Gasteiger partial charge < -0.3 is 0 Å². The third-order valence-corrected chi connectivity index (χ3v) is 4.72. The van der Waals surface area contributed by atoms with Gasteiger partial charge >= 0.3 is 0 Å². The predicted octanol–water partition coefficient (Wildman–Crippen LogP) is 4.29. The van der Waals surface area contributed by atoms with Crippen LogP contribution >= 0.6 is 23.4 Å². The summed E-state index contributed by atoms with van der Waals surface area (Å²) in [5.74, 6) is 0.515. The first-order valence-electron chi connectivity index (χ1n) is 7.15. The number of nitrogens with zero attached hydrogens (tertiary/aromatic N) is 2. The van der Waals surface area contributed by atoms with Crippen molar-refractivity contribution in [3.05, 3.63) is 82.1 Å². The topological polar surface area (TPSA) is 34.9 Å². The van der Waals surface area contributed by atoms with Crippen LogP contribution in [0.25, 0.3) is 10.9 Å². The van der Waals surface area contributed by atoms with E-state index in [0.717, 1.165) is 5.56 Å². The lowest BCUT2D eigenvalue weighted by Gasteiger charge is -2.13. The smallest absolute Gasteiger partial charge is 0.262 e. The molecule has 2 aromatic carbocycles. The van der Waals surface area contributed by atoms with E-state index in [0.29, 0.717) is 33.4 Å². The summed E-state index contributed by atoms with van der Waals surface area (Å²) in [5.41, 5.74) is 1.71. The van der Waals surface area contributed by atoms with Gasteiger partial charge in [0.1, 0.15) is 0 Å². The molecule has 5 heteroatoms. The van der Waals surface area contributed by atoms with Crippen molar-refractivity contribution < 1.29 is 0 Å². The Hall–Kier alpha value is -2.04. The largest absolute Gasteiger partial charge is 0.283 e. The number of benzene rings is 2. The SMILES string of the molecule is C=C(Cl)CSc1nc2ccccc2c(=O)n1Cc1ccccc1. The Morgan fingerprint density at radius 3 is 2.57 bits per heavy atom. The van der Waals surface area contributed by atoms with Crippen LogP contribution in [-0.4, -0.2) is 15.3 Å². The lowest BCUT2D eigenvalue weighted by Crippen LogP contribution is -2.24. The number of halogens is 1. The molecule has 0 fully saturated rings. The Bertz CT molecular complexity index is 906. The molecule has 0 aliphatic rings. The van der Waals surface area contributed by atoms with Gasteiger partial charge in [-0.1, -0.05) is 72.4 Å². The van der Waals surface area contributed by atoms with Crippen LogP contribution in [0.4, 0.5) is 0 Å². The maximum Gasteiger partial charge on any atom is 0.262 e. The van der Waals surface area contributed by atoms with Gasteiger partial charge in [-0.2, -0.15) is 0 Å². The molecule has 0 bridgehead atoms. The van der Waals surface area contributed by atoms with Crippen LogP contribution in [0.1, 0.15) is 5.56 Å². The minimum Gasteiger partial charge on any atom is -0.283 e. The van der Waals surface area contributed by atoms with Gasteiger partial charge in [0.2, 0.25) is 0 Å². The van der Waals surface area contributed by atoms with Crippen LogP contribution in [0.5, 0.6) is 0 Å². The van der Waals surface area contributed by atoms with Crippen molar-refractivity contribution in [1.82, 2.24) is 9.55 Å². The zero-order valence-corrected chi connectivity index (χ0v) is 14.0. The van der Waals surface area contributed by atoms with Crippen molar-refractivity contribution in [3.63, 3.8) is 0 Å². The Morgan fingerprint density at radius 1 is 1.13 bits per heavy atom. The highest BCUT2D eigenvalue weighted by Crippen LogP contribution is 2.21. The van der Waals surface area contributed by atoms with Crippen molar-refractivity contribution in [2.45, 2.75) is 11.7 Å². The molecule has 0 spiro atoms. The van der Waals surface area contributed by atoms with Gasteiger partial charge in [-0.05, 0) is 17.7 Å². The van der Waals surface area contributed by atoms with Crippen LogP contribution in [0.15, 0.2) is 76.2 Å². The highest BCUT2D eigenvalue weighted by Gasteiger charge is 2.12.